The maximum absolute atomic E-state index is 13.6. The Labute approximate surface area is 144 Å². The third-order valence-electron chi connectivity index (χ3n) is 3.70. The van der Waals surface area contributed by atoms with Crippen molar-refractivity contribution in [1.82, 2.24) is 25.1 Å². The average Bonchev–Trinajstić information content (AvgIpc) is 3.04. The first-order valence-corrected chi connectivity index (χ1v) is 8.13. The number of nitrogens with one attached hydrogen (secondary N) is 2. The molecule has 2 heterocycles. The minimum Gasteiger partial charge on any atom is -0.369 e. The molecule has 0 spiro atoms. The van der Waals surface area contributed by atoms with E-state index in [4.69, 9.17) is 0 Å². The molecule has 3 aromatic rings. The van der Waals surface area contributed by atoms with Crippen molar-refractivity contribution in [1.29, 1.82) is 0 Å². The van der Waals surface area contributed by atoms with Gasteiger partial charge in [-0.1, -0.05) is 19.1 Å². The van der Waals surface area contributed by atoms with Crippen LogP contribution < -0.4 is 10.6 Å². The van der Waals surface area contributed by atoms with Crippen molar-refractivity contribution in [3.8, 4) is 0 Å². The Morgan fingerprint density at radius 1 is 1.24 bits per heavy atom. The molecule has 25 heavy (non-hydrogen) atoms. The van der Waals surface area contributed by atoms with E-state index in [-0.39, 0.29) is 5.56 Å². The summed E-state index contributed by atoms with van der Waals surface area (Å²) in [7, 11) is 0. The zero-order valence-corrected chi connectivity index (χ0v) is 13.9. The smallest absolute Gasteiger partial charge is 0.254 e. The lowest BCUT2D eigenvalue weighted by Gasteiger charge is -2.07. The van der Waals surface area contributed by atoms with Gasteiger partial charge in [-0.05, 0) is 18.6 Å². The number of fused-ring (bicyclic) bond motifs is 1. The number of anilines is 1. The SMILES string of the molecule is CCCNc1ncnc2c1cnn2CCNC(=O)c1ccccc1F. The zero-order valence-electron chi connectivity index (χ0n) is 13.9. The topological polar surface area (TPSA) is 84.7 Å². The summed E-state index contributed by atoms with van der Waals surface area (Å²) in [5.41, 5.74) is 0.718. The number of amides is 1. The number of carbonyl (C=O) groups is 1. The number of halogens is 1. The van der Waals surface area contributed by atoms with Gasteiger partial charge in [-0.3, -0.25) is 4.79 Å². The van der Waals surface area contributed by atoms with Crippen LogP contribution in [0.1, 0.15) is 23.7 Å². The molecule has 0 aliphatic rings. The minimum atomic E-state index is -0.538. The molecule has 0 unspecified atom stereocenters. The van der Waals surface area contributed by atoms with Gasteiger partial charge in [0.25, 0.3) is 5.91 Å². The maximum Gasteiger partial charge on any atom is 0.254 e. The van der Waals surface area contributed by atoms with E-state index in [2.05, 4.69) is 32.6 Å². The van der Waals surface area contributed by atoms with Crippen molar-refractivity contribution < 1.29 is 9.18 Å². The van der Waals surface area contributed by atoms with Crippen LogP contribution in [0.15, 0.2) is 36.8 Å². The number of rotatable bonds is 7. The number of nitrogens with zero attached hydrogens (tertiary/aromatic N) is 4. The van der Waals surface area contributed by atoms with Gasteiger partial charge in [0.05, 0.1) is 23.7 Å². The van der Waals surface area contributed by atoms with E-state index in [0.29, 0.717) is 18.7 Å². The van der Waals surface area contributed by atoms with Gasteiger partial charge >= 0.3 is 0 Å². The number of hydrogen-bond donors (Lipinski definition) is 2. The van der Waals surface area contributed by atoms with Crippen LogP contribution in [-0.4, -0.2) is 38.7 Å². The van der Waals surface area contributed by atoms with Crippen molar-refractivity contribution in [3.05, 3.63) is 48.2 Å². The van der Waals surface area contributed by atoms with E-state index in [1.54, 1.807) is 23.0 Å². The molecule has 0 atom stereocenters. The van der Waals surface area contributed by atoms with Gasteiger partial charge in [0.15, 0.2) is 5.65 Å². The molecule has 0 radical (unpaired) electrons. The third kappa shape index (κ3) is 3.73. The van der Waals surface area contributed by atoms with Gasteiger partial charge < -0.3 is 10.6 Å². The van der Waals surface area contributed by atoms with Gasteiger partial charge in [0, 0.05) is 13.1 Å². The van der Waals surface area contributed by atoms with Crippen LogP contribution in [0.2, 0.25) is 0 Å². The Bertz CT molecular complexity index is 878. The Balaban J connectivity index is 1.66. The molecule has 0 saturated carbocycles. The molecule has 1 aromatic carbocycles. The number of benzene rings is 1. The summed E-state index contributed by atoms with van der Waals surface area (Å²) in [4.78, 5) is 20.5. The van der Waals surface area contributed by atoms with Crippen LogP contribution in [-0.2, 0) is 6.54 Å². The summed E-state index contributed by atoms with van der Waals surface area (Å²) in [6, 6.07) is 5.89. The summed E-state index contributed by atoms with van der Waals surface area (Å²) >= 11 is 0. The minimum absolute atomic E-state index is 0.0289. The predicted molar refractivity (Wildman–Crippen MR) is 92.8 cm³/mol. The average molecular weight is 342 g/mol. The van der Waals surface area contributed by atoms with Crippen molar-refractivity contribution in [3.63, 3.8) is 0 Å². The second-order valence-electron chi connectivity index (χ2n) is 5.49. The van der Waals surface area contributed by atoms with Crippen LogP contribution in [0.3, 0.4) is 0 Å². The number of hydrogen-bond acceptors (Lipinski definition) is 5. The highest BCUT2D eigenvalue weighted by atomic mass is 19.1. The Morgan fingerprint density at radius 3 is 2.88 bits per heavy atom. The zero-order chi connectivity index (χ0) is 17.6. The lowest BCUT2D eigenvalue weighted by Crippen LogP contribution is -2.28. The molecule has 8 heteroatoms. The van der Waals surface area contributed by atoms with Crippen molar-refractivity contribution in [2.24, 2.45) is 0 Å². The summed E-state index contributed by atoms with van der Waals surface area (Å²) in [5, 5.41) is 11.1. The fourth-order valence-corrected chi connectivity index (χ4v) is 2.46. The van der Waals surface area contributed by atoms with Crippen LogP contribution in [0.4, 0.5) is 10.2 Å². The maximum atomic E-state index is 13.6. The predicted octanol–water partition coefficient (Wildman–Crippen LogP) is 2.22. The molecule has 1 amide bonds. The van der Waals surface area contributed by atoms with Crippen LogP contribution in [0.25, 0.3) is 11.0 Å². The molecule has 0 bridgehead atoms. The third-order valence-corrected chi connectivity index (χ3v) is 3.70. The van der Waals surface area contributed by atoms with Crippen molar-refractivity contribution in [2.45, 2.75) is 19.9 Å². The van der Waals surface area contributed by atoms with E-state index >= 15 is 0 Å². The molecular formula is C17H19FN6O. The molecule has 0 aliphatic heterocycles. The van der Waals surface area contributed by atoms with E-state index in [1.807, 2.05) is 0 Å². The first-order chi connectivity index (χ1) is 12.2. The monoisotopic (exact) mass is 342 g/mol. The van der Waals surface area contributed by atoms with Gasteiger partial charge in [-0.15, -0.1) is 0 Å². The highest BCUT2D eigenvalue weighted by Gasteiger charge is 2.12. The lowest BCUT2D eigenvalue weighted by molar-refractivity contribution is 0.0948. The van der Waals surface area contributed by atoms with E-state index in [1.165, 1.54) is 18.5 Å². The second kappa shape index (κ2) is 7.69. The molecule has 0 aliphatic carbocycles. The number of carbonyl (C=O) groups excluding carboxylic acids is 1. The van der Waals surface area contributed by atoms with Gasteiger partial charge in [0.1, 0.15) is 18.0 Å². The molecule has 0 saturated heterocycles. The molecular weight excluding hydrogens is 323 g/mol. The number of aromatic nitrogens is 4. The fraction of sp³-hybridized carbons (Fsp3) is 0.294. The molecule has 2 N–H and O–H groups in total. The normalized spacial score (nSPS) is 10.8. The van der Waals surface area contributed by atoms with Gasteiger partial charge in [-0.25, -0.2) is 19.0 Å². The van der Waals surface area contributed by atoms with Crippen LogP contribution in [0, 0.1) is 5.82 Å². The molecule has 7 nitrogen and oxygen atoms in total. The first kappa shape index (κ1) is 16.8. The highest BCUT2D eigenvalue weighted by molar-refractivity contribution is 5.94. The summed E-state index contributed by atoms with van der Waals surface area (Å²) < 4.78 is 15.3. The first-order valence-electron chi connectivity index (χ1n) is 8.13. The molecule has 2 aromatic heterocycles. The van der Waals surface area contributed by atoms with Crippen molar-refractivity contribution in [2.75, 3.05) is 18.4 Å². The molecule has 3 rings (SSSR count). The molecule has 0 fully saturated rings. The quantitative estimate of drug-likeness (QED) is 0.688. The van der Waals surface area contributed by atoms with Gasteiger partial charge in [-0.2, -0.15) is 5.10 Å². The Morgan fingerprint density at radius 2 is 2.08 bits per heavy atom. The summed E-state index contributed by atoms with van der Waals surface area (Å²) in [6.45, 7) is 3.63. The van der Waals surface area contributed by atoms with E-state index in [0.717, 1.165) is 24.2 Å². The highest BCUT2D eigenvalue weighted by Crippen LogP contribution is 2.18. The summed E-state index contributed by atoms with van der Waals surface area (Å²) in [6.07, 6.45) is 4.17. The summed E-state index contributed by atoms with van der Waals surface area (Å²) in [5.74, 6) is -0.244. The van der Waals surface area contributed by atoms with Gasteiger partial charge in [0.2, 0.25) is 0 Å². The van der Waals surface area contributed by atoms with Crippen LogP contribution >= 0.6 is 0 Å². The standard InChI is InChI=1S/C17H19FN6O/c1-2-7-19-15-13-10-23-24(16(13)22-11-21-15)9-8-20-17(25)12-5-3-4-6-14(12)18/h3-6,10-11H,2,7-9H2,1H3,(H,20,25)(H,19,21,22). The van der Waals surface area contributed by atoms with Crippen LogP contribution in [0.5, 0.6) is 0 Å². The Kier molecular flexibility index (Phi) is 5.17. The van der Waals surface area contributed by atoms with Crippen molar-refractivity contribution >= 4 is 22.8 Å². The van der Waals surface area contributed by atoms with E-state index < -0.39 is 11.7 Å². The largest absolute Gasteiger partial charge is 0.369 e. The van der Waals surface area contributed by atoms with E-state index in [9.17, 15) is 9.18 Å². The fourth-order valence-electron chi connectivity index (χ4n) is 2.46. The Hall–Kier alpha value is -3.03. The molecule has 130 valence electrons. The lowest BCUT2D eigenvalue weighted by atomic mass is 10.2. The second-order valence-corrected chi connectivity index (χ2v) is 5.49.